The zero-order valence-electron chi connectivity index (χ0n) is 21.4. The van der Waals surface area contributed by atoms with E-state index < -0.39 is 28.5 Å². The Morgan fingerprint density at radius 2 is 1.62 bits per heavy atom. The molecule has 0 radical (unpaired) electrons. The second-order valence-corrected chi connectivity index (χ2v) is 11.1. The van der Waals surface area contributed by atoms with Crippen molar-refractivity contribution >= 4 is 39.1 Å². The molecular formula is C28H32ClN3O4S. The van der Waals surface area contributed by atoms with Gasteiger partial charge in [-0.2, -0.15) is 0 Å². The summed E-state index contributed by atoms with van der Waals surface area (Å²) >= 11 is 6.14. The molecule has 37 heavy (non-hydrogen) atoms. The molecule has 1 N–H and O–H groups in total. The van der Waals surface area contributed by atoms with Crippen molar-refractivity contribution in [2.75, 3.05) is 17.9 Å². The van der Waals surface area contributed by atoms with E-state index in [0.29, 0.717) is 22.7 Å². The van der Waals surface area contributed by atoms with Crippen LogP contribution in [0.5, 0.6) is 0 Å². The quantitative estimate of drug-likeness (QED) is 0.403. The van der Waals surface area contributed by atoms with Gasteiger partial charge in [-0.3, -0.25) is 13.9 Å². The summed E-state index contributed by atoms with van der Waals surface area (Å²) < 4.78 is 28.8. The van der Waals surface area contributed by atoms with Crippen molar-refractivity contribution in [1.82, 2.24) is 10.2 Å². The van der Waals surface area contributed by atoms with Crippen LogP contribution in [0.3, 0.4) is 0 Å². The highest BCUT2D eigenvalue weighted by Gasteiger charge is 2.33. The van der Waals surface area contributed by atoms with Crippen LogP contribution < -0.4 is 9.62 Å². The molecule has 0 aliphatic heterocycles. The molecule has 0 unspecified atom stereocenters. The number of hydrogen-bond donors (Lipinski definition) is 1. The minimum absolute atomic E-state index is 0.0632. The van der Waals surface area contributed by atoms with E-state index in [4.69, 9.17) is 11.6 Å². The molecule has 0 aliphatic carbocycles. The molecule has 7 nitrogen and oxygen atoms in total. The fourth-order valence-electron chi connectivity index (χ4n) is 4.12. The second kappa shape index (κ2) is 12.3. The average Bonchev–Trinajstić information content (AvgIpc) is 2.88. The number of carbonyl (C=O) groups excluding carboxylic acids is 2. The molecule has 0 saturated carbocycles. The monoisotopic (exact) mass is 541 g/mol. The first-order valence-corrected chi connectivity index (χ1v) is 13.8. The SMILES string of the molecule is CC[C@H](C(=O)NC)N(Cc1ccccc1)C(=O)CN(c1ccc(Cl)cc1C)S(=O)(=O)c1ccc(C)cc1. The number of aryl methyl sites for hydroxylation is 2. The number of halogens is 1. The Morgan fingerprint density at radius 1 is 0.973 bits per heavy atom. The van der Waals surface area contributed by atoms with Crippen LogP contribution in [0.15, 0.2) is 77.7 Å². The lowest BCUT2D eigenvalue weighted by Gasteiger charge is -2.33. The van der Waals surface area contributed by atoms with Gasteiger partial charge in [-0.05, 0) is 61.7 Å². The highest BCUT2D eigenvalue weighted by Crippen LogP contribution is 2.29. The third kappa shape index (κ3) is 6.70. The minimum atomic E-state index is -4.12. The van der Waals surface area contributed by atoms with Crippen molar-refractivity contribution in [3.8, 4) is 0 Å². The molecule has 0 aromatic heterocycles. The van der Waals surface area contributed by atoms with E-state index in [-0.39, 0.29) is 17.3 Å². The molecule has 0 heterocycles. The Hall–Kier alpha value is -3.36. The maximum atomic E-state index is 13.9. The number of benzene rings is 3. The predicted octanol–water partition coefficient (Wildman–Crippen LogP) is 4.71. The summed E-state index contributed by atoms with van der Waals surface area (Å²) in [6.45, 7) is 5.09. The Morgan fingerprint density at radius 3 is 2.19 bits per heavy atom. The van der Waals surface area contributed by atoms with Crippen molar-refractivity contribution in [3.05, 3.63) is 94.5 Å². The second-order valence-electron chi connectivity index (χ2n) is 8.80. The molecular weight excluding hydrogens is 510 g/mol. The van der Waals surface area contributed by atoms with Gasteiger partial charge in [-0.15, -0.1) is 0 Å². The number of anilines is 1. The fourth-order valence-corrected chi connectivity index (χ4v) is 5.82. The number of carbonyl (C=O) groups is 2. The van der Waals surface area contributed by atoms with E-state index in [1.807, 2.05) is 44.2 Å². The third-order valence-electron chi connectivity index (χ3n) is 6.14. The number of amides is 2. The number of sulfonamides is 1. The van der Waals surface area contributed by atoms with Gasteiger partial charge in [0.2, 0.25) is 11.8 Å². The molecule has 3 rings (SSSR count). The summed E-state index contributed by atoms with van der Waals surface area (Å²) in [5, 5.41) is 3.07. The van der Waals surface area contributed by atoms with E-state index in [1.54, 1.807) is 37.3 Å². The lowest BCUT2D eigenvalue weighted by Crippen LogP contribution is -2.51. The predicted molar refractivity (Wildman–Crippen MR) is 147 cm³/mol. The first-order chi connectivity index (χ1) is 17.6. The van der Waals surface area contributed by atoms with Crippen LogP contribution in [0.1, 0.15) is 30.0 Å². The highest BCUT2D eigenvalue weighted by molar-refractivity contribution is 7.92. The lowest BCUT2D eigenvalue weighted by atomic mass is 10.1. The Bertz CT molecular complexity index is 1350. The van der Waals surface area contributed by atoms with E-state index >= 15 is 0 Å². The molecule has 0 spiro atoms. The lowest BCUT2D eigenvalue weighted by molar-refractivity contribution is -0.140. The van der Waals surface area contributed by atoms with Crippen LogP contribution in [0.4, 0.5) is 5.69 Å². The van der Waals surface area contributed by atoms with Gasteiger partial charge in [0, 0.05) is 18.6 Å². The number of likely N-dealkylation sites (N-methyl/N-ethyl adjacent to an activating group) is 1. The molecule has 3 aromatic rings. The summed E-state index contributed by atoms with van der Waals surface area (Å²) in [4.78, 5) is 28.1. The zero-order chi connectivity index (χ0) is 27.2. The normalized spacial score (nSPS) is 12.0. The standard InChI is InChI=1S/C28H32ClN3O4S/c1-5-25(28(34)30-4)31(18-22-9-7-6-8-10-22)27(33)19-32(26-16-13-23(29)17-21(26)3)37(35,36)24-14-11-20(2)12-15-24/h6-17,25H,5,18-19H2,1-4H3,(H,30,34)/t25-/m1/s1. The average molecular weight is 542 g/mol. The van der Waals surface area contributed by atoms with Crippen molar-refractivity contribution in [2.45, 2.75) is 44.7 Å². The van der Waals surface area contributed by atoms with Gasteiger partial charge >= 0.3 is 0 Å². The zero-order valence-corrected chi connectivity index (χ0v) is 23.0. The van der Waals surface area contributed by atoms with Crippen molar-refractivity contribution in [2.24, 2.45) is 0 Å². The Balaban J connectivity index is 2.09. The van der Waals surface area contributed by atoms with Gasteiger partial charge in [-0.1, -0.05) is 66.6 Å². The molecule has 3 aromatic carbocycles. The topological polar surface area (TPSA) is 86.8 Å². The Kier molecular flexibility index (Phi) is 9.34. The number of nitrogens with zero attached hydrogens (tertiary/aromatic N) is 2. The van der Waals surface area contributed by atoms with E-state index in [9.17, 15) is 18.0 Å². The molecule has 0 bridgehead atoms. The summed E-state index contributed by atoms with van der Waals surface area (Å²) in [5.74, 6) is -0.813. The van der Waals surface area contributed by atoms with E-state index in [1.165, 1.54) is 24.1 Å². The molecule has 0 aliphatic rings. The summed E-state index contributed by atoms with van der Waals surface area (Å²) in [5.41, 5.74) is 2.68. The van der Waals surface area contributed by atoms with Crippen LogP contribution in [-0.4, -0.2) is 44.8 Å². The number of rotatable bonds is 10. The largest absolute Gasteiger partial charge is 0.357 e. The third-order valence-corrected chi connectivity index (χ3v) is 8.15. The summed E-state index contributed by atoms with van der Waals surface area (Å²) in [7, 11) is -2.61. The molecule has 9 heteroatoms. The van der Waals surface area contributed by atoms with Crippen LogP contribution >= 0.6 is 11.6 Å². The maximum Gasteiger partial charge on any atom is 0.264 e. The molecule has 1 atom stereocenters. The van der Waals surface area contributed by atoms with Gasteiger partial charge in [0.15, 0.2) is 0 Å². The van der Waals surface area contributed by atoms with Crippen molar-refractivity contribution in [1.29, 1.82) is 0 Å². The van der Waals surface area contributed by atoms with Crippen molar-refractivity contribution < 1.29 is 18.0 Å². The van der Waals surface area contributed by atoms with Crippen LogP contribution in [-0.2, 0) is 26.2 Å². The number of hydrogen-bond acceptors (Lipinski definition) is 4. The van der Waals surface area contributed by atoms with Gasteiger partial charge in [-0.25, -0.2) is 8.42 Å². The maximum absolute atomic E-state index is 13.9. The first kappa shape index (κ1) is 28.2. The van der Waals surface area contributed by atoms with Crippen molar-refractivity contribution in [3.63, 3.8) is 0 Å². The van der Waals surface area contributed by atoms with Gasteiger partial charge in [0.1, 0.15) is 12.6 Å². The molecule has 0 fully saturated rings. The highest BCUT2D eigenvalue weighted by atomic mass is 35.5. The van der Waals surface area contributed by atoms with Gasteiger partial charge < -0.3 is 10.2 Å². The summed E-state index contributed by atoms with van der Waals surface area (Å²) in [6, 6.07) is 19.8. The van der Waals surface area contributed by atoms with Crippen LogP contribution in [0.25, 0.3) is 0 Å². The molecule has 196 valence electrons. The summed E-state index contributed by atoms with van der Waals surface area (Å²) in [6.07, 6.45) is 0.364. The van der Waals surface area contributed by atoms with Gasteiger partial charge in [0.05, 0.1) is 10.6 Å². The number of nitrogens with one attached hydrogen (secondary N) is 1. The van der Waals surface area contributed by atoms with E-state index in [2.05, 4.69) is 5.32 Å². The minimum Gasteiger partial charge on any atom is -0.357 e. The van der Waals surface area contributed by atoms with Crippen LogP contribution in [0, 0.1) is 13.8 Å². The smallest absolute Gasteiger partial charge is 0.264 e. The van der Waals surface area contributed by atoms with E-state index in [0.717, 1.165) is 15.4 Å². The Labute approximate surface area is 224 Å². The van der Waals surface area contributed by atoms with Gasteiger partial charge in [0.25, 0.3) is 10.0 Å². The fraction of sp³-hybridized carbons (Fsp3) is 0.286. The molecule has 2 amide bonds. The first-order valence-electron chi connectivity index (χ1n) is 12.0. The molecule has 0 saturated heterocycles. The van der Waals surface area contributed by atoms with Crippen LogP contribution in [0.2, 0.25) is 5.02 Å².